The van der Waals surface area contributed by atoms with Gasteiger partial charge in [0.2, 0.25) is 5.95 Å². The molecule has 5 nitrogen and oxygen atoms in total. The molecular formula is C22H23N5S. The van der Waals surface area contributed by atoms with E-state index in [1.54, 1.807) is 0 Å². The Labute approximate surface area is 170 Å². The van der Waals surface area contributed by atoms with Crippen LogP contribution in [0.15, 0.2) is 60.7 Å². The van der Waals surface area contributed by atoms with Crippen molar-refractivity contribution in [1.82, 2.24) is 15.3 Å². The largest absolute Gasteiger partial charge is 0.358 e. The molecule has 3 aromatic rings. The smallest absolute Gasteiger partial charge is 0.231 e. The van der Waals surface area contributed by atoms with E-state index in [-0.39, 0.29) is 0 Å². The molecule has 1 aliphatic heterocycles. The molecule has 1 aliphatic rings. The van der Waals surface area contributed by atoms with E-state index in [0.717, 1.165) is 31.0 Å². The van der Waals surface area contributed by atoms with Crippen LogP contribution in [-0.2, 0) is 19.5 Å². The normalized spacial score (nSPS) is 13.0. The predicted molar refractivity (Wildman–Crippen MR) is 117 cm³/mol. The first-order valence-corrected chi connectivity index (χ1v) is 9.84. The fourth-order valence-corrected chi connectivity index (χ4v) is 3.55. The minimum atomic E-state index is 0.518. The summed E-state index contributed by atoms with van der Waals surface area (Å²) in [5, 5.41) is 6.85. The van der Waals surface area contributed by atoms with E-state index in [0.29, 0.717) is 17.6 Å². The summed E-state index contributed by atoms with van der Waals surface area (Å²) < 4.78 is 0. The zero-order valence-corrected chi connectivity index (χ0v) is 16.7. The van der Waals surface area contributed by atoms with Crippen molar-refractivity contribution in [1.29, 1.82) is 0 Å². The molecule has 2 heterocycles. The van der Waals surface area contributed by atoms with E-state index in [9.17, 15) is 0 Å². The van der Waals surface area contributed by atoms with Gasteiger partial charge >= 0.3 is 0 Å². The Balaban J connectivity index is 1.43. The van der Waals surface area contributed by atoms with E-state index < -0.39 is 0 Å². The number of benzene rings is 2. The predicted octanol–water partition coefficient (Wildman–Crippen LogP) is 3.83. The molecule has 2 aromatic carbocycles. The lowest BCUT2D eigenvalue weighted by Crippen LogP contribution is -2.32. The van der Waals surface area contributed by atoms with Crippen LogP contribution in [0.3, 0.4) is 0 Å². The first-order valence-electron chi connectivity index (χ1n) is 9.43. The van der Waals surface area contributed by atoms with Gasteiger partial charge in [-0.15, -0.1) is 0 Å². The van der Waals surface area contributed by atoms with Crippen molar-refractivity contribution in [2.24, 2.45) is 0 Å². The molecule has 142 valence electrons. The maximum Gasteiger partial charge on any atom is 0.231 e. The number of fused-ring (bicyclic) bond motifs is 1. The molecule has 0 radical (unpaired) electrons. The van der Waals surface area contributed by atoms with E-state index in [1.807, 2.05) is 31.2 Å². The van der Waals surface area contributed by atoms with Gasteiger partial charge in [0.05, 0.1) is 0 Å². The second kappa shape index (κ2) is 8.35. The molecule has 4 rings (SSSR count). The highest BCUT2D eigenvalue weighted by Crippen LogP contribution is 2.24. The summed E-state index contributed by atoms with van der Waals surface area (Å²) in [7, 11) is 0. The highest BCUT2D eigenvalue weighted by atomic mass is 32.1. The Morgan fingerprint density at radius 2 is 1.79 bits per heavy atom. The Morgan fingerprint density at radius 3 is 2.61 bits per heavy atom. The van der Waals surface area contributed by atoms with Crippen molar-refractivity contribution in [3.05, 3.63) is 83.0 Å². The van der Waals surface area contributed by atoms with Gasteiger partial charge in [-0.05, 0) is 42.3 Å². The highest BCUT2D eigenvalue weighted by Gasteiger charge is 2.18. The molecule has 0 saturated carbocycles. The van der Waals surface area contributed by atoms with Gasteiger partial charge in [-0.25, -0.2) is 4.98 Å². The molecule has 0 spiro atoms. The minimum Gasteiger partial charge on any atom is -0.358 e. The number of nitrogens with one attached hydrogen (secondary N) is 2. The number of aromatic nitrogens is 2. The lowest BCUT2D eigenvalue weighted by atomic mass is 10.00. The number of thiocarbonyl (C=S) groups is 1. The summed E-state index contributed by atoms with van der Waals surface area (Å²) in [5.74, 6) is 1.45. The van der Waals surface area contributed by atoms with E-state index >= 15 is 0 Å². The summed E-state index contributed by atoms with van der Waals surface area (Å²) in [4.78, 5) is 11.5. The minimum absolute atomic E-state index is 0.518. The maximum absolute atomic E-state index is 5.41. The number of rotatable bonds is 4. The average molecular weight is 390 g/mol. The van der Waals surface area contributed by atoms with Crippen LogP contribution in [-0.4, -0.2) is 21.6 Å². The first-order chi connectivity index (χ1) is 13.7. The lowest BCUT2D eigenvalue weighted by molar-refractivity contribution is 0.719. The topological polar surface area (TPSA) is 53.1 Å². The van der Waals surface area contributed by atoms with Gasteiger partial charge in [0.25, 0.3) is 0 Å². The maximum atomic E-state index is 5.41. The van der Waals surface area contributed by atoms with E-state index in [1.165, 1.54) is 16.7 Å². The standard InChI is InChI=1S/C22H23N5S/c1-16-13-20(27-12-11-18-9-5-6-10-19(18)15-27)25-21(24-16)26-22(28)23-14-17-7-3-2-4-8-17/h2-10,13H,11-12,14-15H2,1H3,(H2,23,24,25,26,28). The molecule has 0 amide bonds. The third-order valence-electron chi connectivity index (χ3n) is 4.82. The summed E-state index contributed by atoms with van der Waals surface area (Å²) in [6.45, 7) is 4.45. The summed E-state index contributed by atoms with van der Waals surface area (Å²) in [6, 6.07) is 20.8. The lowest BCUT2D eigenvalue weighted by Gasteiger charge is -2.30. The van der Waals surface area contributed by atoms with Gasteiger partial charge in [-0.1, -0.05) is 54.6 Å². The fraction of sp³-hybridized carbons (Fsp3) is 0.227. The van der Waals surface area contributed by atoms with Crippen LogP contribution < -0.4 is 15.5 Å². The average Bonchev–Trinajstić information content (AvgIpc) is 2.72. The van der Waals surface area contributed by atoms with Crippen molar-refractivity contribution in [2.75, 3.05) is 16.8 Å². The van der Waals surface area contributed by atoms with Gasteiger partial charge in [-0.3, -0.25) is 0 Å². The van der Waals surface area contributed by atoms with Crippen molar-refractivity contribution in [2.45, 2.75) is 26.4 Å². The molecule has 1 aromatic heterocycles. The van der Waals surface area contributed by atoms with E-state index in [2.05, 4.69) is 56.9 Å². The van der Waals surface area contributed by atoms with Crippen molar-refractivity contribution in [3.8, 4) is 0 Å². The molecule has 0 saturated heterocycles. The summed E-state index contributed by atoms with van der Waals surface area (Å²) in [6.07, 6.45) is 1.03. The van der Waals surface area contributed by atoms with Crippen LogP contribution in [0.25, 0.3) is 0 Å². The number of anilines is 2. The van der Waals surface area contributed by atoms with Crippen molar-refractivity contribution in [3.63, 3.8) is 0 Å². The van der Waals surface area contributed by atoms with Crippen LogP contribution in [0.1, 0.15) is 22.4 Å². The Morgan fingerprint density at radius 1 is 1.04 bits per heavy atom. The Kier molecular flexibility index (Phi) is 5.48. The molecule has 2 N–H and O–H groups in total. The third-order valence-corrected chi connectivity index (χ3v) is 5.06. The third kappa shape index (κ3) is 4.46. The van der Waals surface area contributed by atoms with Gasteiger partial charge in [0.1, 0.15) is 5.82 Å². The molecule has 0 atom stereocenters. The second-order valence-electron chi connectivity index (χ2n) is 6.92. The SMILES string of the molecule is Cc1cc(N2CCc3ccccc3C2)nc(NC(=S)NCc2ccccc2)n1. The van der Waals surface area contributed by atoms with Crippen LogP contribution in [0.4, 0.5) is 11.8 Å². The van der Waals surface area contributed by atoms with Gasteiger partial charge < -0.3 is 15.5 Å². The van der Waals surface area contributed by atoms with Crippen LogP contribution >= 0.6 is 12.2 Å². The van der Waals surface area contributed by atoms with Gasteiger partial charge in [0.15, 0.2) is 5.11 Å². The molecule has 0 bridgehead atoms. The van der Waals surface area contributed by atoms with Gasteiger partial charge in [0, 0.05) is 31.4 Å². The van der Waals surface area contributed by atoms with E-state index in [4.69, 9.17) is 17.2 Å². The Hall–Kier alpha value is -2.99. The summed E-state index contributed by atoms with van der Waals surface area (Å²) >= 11 is 5.41. The van der Waals surface area contributed by atoms with Crippen molar-refractivity contribution < 1.29 is 0 Å². The van der Waals surface area contributed by atoms with Crippen LogP contribution in [0.2, 0.25) is 0 Å². The summed E-state index contributed by atoms with van der Waals surface area (Å²) in [5.41, 5.74) is 4.87. The van der Waals surface area contributed by atoms with Gasteiger partial charge in [-0.2, -0.15) is 4.98 Å². The number of nitrogens with zero attached hydrogens (tertiary/aromatic N) is 3. The molecule has 28 heavy (non-hydrogen) atoms. The second-order valence-corrected chi connectivity index (χ2v) is 7.33. The van der Waals surface area contributed by atoms with Crippen molar-refractivity contribution >= 4 is 29.1 Å². The number of aryl methyl sites for hydroxylation is 1. The van der Waals surface area contributed by atoms with Crippen LogP contribution in [0, 0.1) is 6.92 Å². The fourth-order valence-electron chi connectivity index (χ4n) is 3.39. The monoisotopic (exact) mass is 389 g/mol. The Bertz CT molecular complexity index is 974. The molecule has 0 unspecified atom stereocenters. The highest BCUT2D eigenvalue weighted by molar-refractivity contribution is 7.80. The zero-order chi connectivity index (χ0) is 19.3. The quantitative estimate of drug-likeness (QED) is 0.662. The first kappa shape index (κ1) is 18.4. The molecular weight excluding hydrogens is 366 g/mol. The molecule has 6 heteroatoms. The number of hydrogen-bond donors (Lipinski definition) is 2. The zero-order valence-electron chi connectivity index (χ0n) is 15.9. The number of hydrogen-bond acceptors (Lipinski definition) is 4. The molecule has 0 fully saturated rings. The molecule has 0 aliphatic carbocycles. The van der Waals surface area contributed by atoms with Crippen LogP contribution in [0.5, 0.6) is 0 Å².